The van der Waals surface area contributed by atoms with Crippen molar-refractivity contribution >= 4 is 17.4 Å². The molecule has 78 valence electrons. The van der Waals surface area contributed by atoms with Gasteiger partial charge in [-0.1, -0.05) is 11.6 Å². The minimum absolute atomic E-state index is 0.835. The molecule has 0 fully saturated rings. The number of halogens is 1. The van der Waals surface area contributed by atoms with Crippen LogP contribution >= 0.6 is 11.6 Å². The Morgan fingerprint density at radius 1 is 1.15 bits per heavy atom. The van der Waals surface area contributed by atoms with Crippen molar-refractivity contribution in [2.75, 3.05) is 6.61 Å². The van der Waals surface area contributed by atoms with Crippen LogP contribution in [0.4, 0.5) is 0 Å². The van der Waals surface area contributed by atoms with Crippen LogP contribution in [0.2, 0.25) is 0 Å². The average molecular weight is 215 g/mol. The lowest BCUT2D eigenvalue weighted by Gasteiger charge is -2.18. The quantitative estimate of drug-likeness (QED) is 0.315. The highest BCUT2D eigenvalue weighted by molar-refractivity contribution is 6.21. The number of carbonyl (C=O) groups is 1. The van der Waals surface area contributed by atoms with Crippen molar-refractivity contribution in [1.82, 2.24) is 0 Å². The molecule has 0 bridgehead atoms. The molecule has 0 heterocycles. The number of Topliss-reactive ketones (excluding diaryl/α,β-unsaturated/α-hetero) is 1. The third-order valence-electron chi connectivity index (χ3n) is 1.40. The molecule has 0 aliphatic carbocycles. The summed E-state index contributed by atoms with van der Waals surface area (Å²) in [6, 6.07) is 0. The molecule has 4 atom stereocenters. The topological polar surface area (TPSA) is 118 Å². The van der Waals surface area contributed by atoms with Crippen LogP contribution in [0.1, 0.15) is 0 Å². The maximum absolute atomic E-state index is 10.9. The first kappa shape index (κ1) is 12.8. The Kier molecular flexibility index (Phi) is 5.38. The van der Waals surface area contributed by atoms with Gasteiger partial charge in [0.1, 0.15) is 12.2 Å². The monoisotopic (exact) mass is 214 g/mol. The van der Waals surface area contributed by atoms with Gasteiger partial charge in [0.2, 0.25) is 0 Å². The number of aliphatic hydroxyl groups is 5. The lowest BCUT2D eigenvalue weighted by Crippen LogP contribution is -2.45. The zero-order valence-electron chi connectivity index (χ0n) is 6.54. The molecule has 1 unspecified atom stereocenters. The lowest BCUT2D eigenvalue weighted by molar-refractivity contribution is -0.146. The normalized spacial score (nSPS) is 20.5. The van der Waals surface area contributed by atoms with Gasteiger partial charge in [-0.15, -0.1) is 0 Å². The van der Waals surface area contributed by atoms with Crippen LogP contribution in [0.3, 0.4) is 0 Å². The van der Waals surface area contributed by atoms with E-state index in [0.717, 1.165) is 0 Å². The van der Waals surface area contributed by atoms with Crippen LogP contribution in [0.5, 0.6) is 0 Å². The van der Waals surface area contributed by atoms with Gasteiger partial charge >= 0.3 is 0 Å². The molecule has 0 aromatic heterocycles. The highest BCUT2D eigenvalue weighted by atomic mass is 35.5. The molecule has 0 amide bonds. The Balaban J connectivity index is 4.25. The highest BCUT2D eigenvalue weighted by Gasteiger charge is 2.32. The molecule has 0 saturated heterocycles. The first-order valence-electron chi connectivity index (χ1n) is 3.42. The molecule has 0 spiro atoms. The predicted octanol–water partition coefficient (Wildman–Crippen LogP) is -2.81. The molecular formula is C6H11ClO6. The Morgan fingerprint density at radius 3 is 1.92 bits per heavy atom. The van der Waals surface area contributed by atoms with Gasteiger partial charge in [-0.05, 0) is 0 Å². The van der Waals surface area contributed by atoms with E-state index in [2.05, 4.69) is 0 Å². The molecule has 0 radical (unpaired) electrons. The number of rotatable bonds is 5. The van der Waals surface area contributed by atoms with E-state index < -0.39 is 36.3 Å². The van der Waals surface area contributed by atoms with Crippen molar-refractivity contribution < 1.29 is 30.3 Å². The fourth-order valence-electron chi connectivity index (χ4n) is 0.600. The Bertz CT molecular complexity index is 173. The van der Waals surface area contributed by atoms with Crippen LogP contribution in [-0.2, 0) is 4.79 Å². The number of aliphatic hydroxyl groups excluding tert-OH is 5. The maximum Gasteiger partial charge on any atom is 0.196 e. The second-order valence-corrected chi connectivity index (χ2v) is 2.86. The zero-order valence-corrected chi connectivity index (χ0v) is 7.29. The Hall–Kier alpha value is -0.240. The van der Waals surface area contributed by atoms with Crippen LogP contribution < -0.4 is 0 Å². The summed E-state index contributed by atoms with van der Waals surface area (Å²) in [5.41, 5.74) is -1.85. The average Bonchev–Trinajstić information content (AvgIpc) is 2.12. The first-order chi connectivity index (χ1) is 5.91. The van der Waals surface area contributed by atoms with Gasteiger partial charge in [-0.3, -0.25) is 4.79 Å². The molecule has 0 saturated carbocycles. The second-order valence-electron chi connectivity index (χ2n) is 2.41. The summed E-state index contributed by atoms with van der Waals surface area (Å²) in [5, 5.41) is 43.4. The van der Waals surface area contributed by atoms with Gasteiger partial charge in [-0.25, -0.2) is 0 Å². The summed E-state index contributed by atoms with van der Waals surface area (Å²) in [6.45, 7) is -0.835. The SMILES string of the molecule is O=C([C@H](O)C(O)Cl)[C@H](O)[C@@H](O)CO. The van der Waals surface area contributed by atoms with E-state index in [4.69, 9.17) is 37.1 Å². The molecule has 13 heavy (non-hydrogen) atoms. The van der Waals surface area contributed by atoms with E-state index >= 15 is 0 Å². The Labute approximate surface area is 79.0 Å². The molecule has 0 aliphatic heterocycles. The Morgan fingerprint density at radius 2 is 1.62 bits per heavy atom. The molecule has 7 heteroatoms. The van der Waals surface area contributed by atoms with E-state index in [9.17, 15) is 4.79 Å². The van der Waals surface area contributed by atoms with E-state index in [1.807, 2.05) is 0 Å². The summed E-state index contributed by atoms with van der Waals surface area (Å²) in [6.07, 6.45) is -5.65. The van der Waals surface area contributed by atoms with Crippen molar-refractivity contribution in [3.05, 3.63) is 0 Å². The predicted molar refractivity (Wildman–Crippen MR) is 42.0 cm³/mol. The largest absolute Gasteiger partial charge is 0.394 e. The summed E-state index contributed by atoms with van der Waals surface area (Å²) in [4.78, 5) is 10.9. The van der Waals surface area contributed by atoms with Gasteiger partial charge in [0.25, 0.3) is 0 Å². The number of hydrogen-bond donors (Lipinski definition) is 5. The second kappa shape index (κ2) is 5.48. The smallest absolute Gasteiger partial charge is 0.196 e. The van der Waals surface area contributed by atoms with E-state index in [-0.39, 0.29) is 0 Å². The van der Waals surface area contributed by atoms with Gasteiger partial charge in [0.15, 0.2) is 17.5 Å². The van der Waals surface area contributed by atoms with Crippen LogP contribution in [-0.4, -0.2) is 61.8 Å². The van der Waals surface area contributed by atoms with Crippen molar-refractivity contribution in [2.24, 2.45) is 0 Å². The molecule has 0 rings (SSSR count). The summed E-state index contributed by atoms with van der Waals surface area (Å²) in [7, 11) is 0. The van der Waals surface area contributed by atoms with Gasteiger partial charge < -0.3 is 25.5 Å². The maximum atomic E-state index is 10.9. The number of carbonyl (C=O) groups excluding carboxylic acids is 1. The van der Waals surface area contributed by atoms with Gasteiger partial charge in [0, 0.05) is 0 Å². The molecule has 0 aromatic carbocycles. The number of alkyl halides is 1. The van der Waals surface area contributed by atoms with Gasteiger partial charge in [0.05, 0.1) is 6.61 Å². The minimum Gasteiger partial charge on any atom is -0.394 e. The van der Waals surface area contributed by atoms with E-state index in [0.29, 0.717) is 0 Å². The van der Waals surface area contributed by atoms with E-state index in [1.54, 1.807) is 0 Å². The standard InChI is InChI=1S/C6H11ClO6/c7-6(13)5(12)4(11)3(10)2(9)1-8/h2-3,5-6,8-10,12-13H,1H2/t2-,3+,5-,6?/m0/s1. The summed E-state index contributed by atoms with van der Waals surface area (Å²) >= 11 is 4.94. The third-order valence-corrected chi connectivity index (χ3v) is 1.63. The van der Waals surface area contributed by atoms with Crippen molar-refractivity contribution in [3.8, 4) is 0 Å². The minimum atomic E-state index is -1.99. The van der Waals surface area contributed by atoms with E-state index in [1.165, 1.54) is 0 Å². The molecule has 5 N–H and O–H groups in total. The van der Waals surface area contributed by atoms with Crippen molar-refractivity contribution in [2.45, 2.75) is 23.9 Å². The highest BCUT2D eigenvalue weighted by Crippen LogP contribution is 2.05. The first-order valence-corrected chi connectivity index (χ1v) is 3.86. The molecule has 6 nitrogen and oxygen atoms in total. The summed E-state index contributed by atoms with van der Waals surface area (Å²) in [5.74, 6) is -1.25. The van der Waals surface area contributed by atoms with Crippen molar-refractivity contribution in [1.29, 1.82) is 0 Å². The van der Waals surface area contributed by atoms with Gasteiger partial charge in [-0.2, -0.15) is 0 Å². The fraction of sp³-hybridized carbons (Fsp3) is 0.833. The lowest BCUT2D eigenvalue weighted by atomic mass is 10.1. The molecule has 0 aliphatic rings. The number of hydrogen-bond acceptors (Lipinski definition) is 6. The molecule has 0 aromatic rings. The van der Waals surface area contributed by atoms with Crippen LogP contribution in [0.15, 0.2) is 0 Å². The summed E-state index contributed by atoms with van der Waals surface area (Å²) < 4.78 is 0. The van der Waals surface area contributed by atoms with Crippen molar-refractivity contribution in [3.63, 3.8) is 0 Å². The fourth-order valence-corrected chi connectivity index (χ4v) is 0.724. The zero-order chi connectivity index (χ0) is 10.6. The molecular weight excluding hydrogens is 204 g/mol. The third kappa shape index (κ3) is 3.55. The number of ketones is 1. The van der Waals surface area contributed by atoms with Crippen LogP contribution in [0, 0.1) is 0 Å². The van der Waals surface area contributed by atoms with Crippen LogP contribution in [0.25, 0.3) is 0 Å².